The number of nitrogens with two attached hydrogens (primary N) is 1. The summed E-state index contributed by atoms with van der Waals surface area (Å²) in [7, 11) is 0. The number of carbonyl (C=O) groups is 3. The summed E-state index contributed by atoms with van der Waals surface area (Å²) in [6.45, 7) is 0.417. The molecule has 8 aromatic rings. The van der Waals surface area contributed by atoms with Gasteiger partial charge in [-0.15, -0.1) is 22.7 Å². The molecule has 64 heavy (non-hydrogen) atoms. The highest BCUT2D eigenvalue weighted by molar-refractivity contribution is 7.14. The number of esters is 2. The lowest BCUT2D eigenvalue weighted by atomic mass is 10.1. The summed E-state index contributed by atoms with van der Waals surface area (Å²) in [6.07, 6.45) is 2.23. The number of aromatic nitrogens is 2. The number of anilines is 2. The van der Waals surface area contributed by atoms with Gasteiger partial charge in [-0.25, -0.2) is 25.4 Å². The molecule has 8 rings (SSSR count). The molecule has 0 saturated carbocycles. The van der Waals surface area contributed by atoms with Crippen LogP contribution < -0.4 is 16.7 Å². The van der Waals surface area contributed by atoms with Crippen LogP contribution in [0.4, 0.5) is 10.3 Å². The molecule has 11 nitrogen and oxygen atoms in total. The molecule has 2 aromatic heterocycles. The second kappa shape index (κ2) is 25.2. The quantitative estimate of drug-likeness (QED) is 0.0334. The molecule has 4 N–H and O–H groups in total. The van der Waals surface area contributed by atoms with E-state index in [1.54, 1.807) is 48.7 Å². The van der Waals surface area contributed by atoms with Crippen molar-refractivity contribution in [2.24, 2.45) is 10.9 Å². The molecule has 0 saturated heterocycles. The molecule has 0 radical (unpaired) electrons. The number of nitrogens with one attached hydrogen (secondary N) is 2. The van der Waals surface area contributed by atoms with Crippen LogP contribution in [0.15, 0.2) is 174 Å². The average Bonchev–Trinajstić information content (AvgIpc) is 4.02. The van der Waals surface area contributed by atoms with Crippen LogP contribution in [0, 0.1) is 0 Å². The maximum absolute atomic E-state index is 12.5. The Morgan fingerprint density at radius 1 is 0.594 bits per heavy atom. The summed E-state index contributed by atoms with van der Waals surface area (Å²) in [4.78, 5) is 43.9. The zero-order valence-electron chi connectivity index (χ0n) is 33.3. The Bertz CT molecular complexity index is 2770. The van der Waals surface area contributed by atoms with E-state index in [1.165, 1.54) is 22.7 Å². The van der Waals surface area contributed by atoms with Crippen molar-refractivity contribution in [2.75, 3.05) is 10.9 Å². The van der Waals surface area contributed by atoms with Crippen LogP contribution in [0.3, 0.4) is 0 Å². The lowest BCUT2D eigenvalue weighted by molar-refractivity contribution is 0.0463. The van der Waals surface area contributed by atoms with E-state index in [9.17, 15) is 14.4 Å². The third-order valence-corrected chi connectivity index (χ3v) is 10.9. The van der Waals surface area contributed by atoms with Gasteiger partial charge in [-0.2, -0.15) is 5.10 Å². The van der Waals surface area contributed by atoms with Gasteiger partial charge < -0.3 is 9.47 Å². The highest BCUT2D eigenvalue weighted by Gasteiger charge is 2.13. The van der Waals surface area contributed by atoms with Crippen LogP contribution in [0.2, 0.25) is 10.0 Å². The van der Waals surface area contributed by atoms with Crippen molar-refractivity contribution >= 4 is 80.6 Å². The average molecular weight is 930 g/mol. The highest BCUT2D eigenvalue weighted by atomic mass is 35.5. The monoisotopic (exact) mass is 928 g/mol. The number of aldehydes is 1. The first kappa shape index (κ1) is 48.0. The van der Waals surface area contributed by atoms with Crippen molar-refractivity contribution in [2.45, 2.75) is 20.6 Å². The lowest BCUT2D eigenvalue weighted by Gasteiger charge is -2.07. The van der Waals surface area contributed by atoms with E-state index in [4.69, 9.17) is 38.5 Å². The second-order valence-electron chi connectivity index (χ2n) is 13.0. The van der Waals surface area contributed by atoms with Crippen LogP contribution in [0.5, 0.6) is 0 Å². The fraction of sp³-hybridized carbons (Fsp3) is 0.0612. The van der Waals surface area contributed by atoms with Gasteiger partial charge in [0.05, 0.1) is 28.7 Å². The number of hydrogen-bond acceptors (Lipinski definition) is 13. The Balaban J connectivity index is 0.000000198. The Kier molecular flexibility index (Phi) is 18.9. The predicted octanol–water partition coefficient (Wildman–Crippen LogP) is 12.5. The molecule has 0 unspecified atom stereocenters. The van der Waals surface area contributed by atoms with Crippen LogP contribution in [-0.4, -0.2) is 34.4 Å². The van der Waals surface area contributed by atoms with Crippen LogP contribution in [0.1, 0.15) is 55.2 Å². The van der Waals surface area contributed by atoms with Crippen molar-refractivity contribution in [3.8, 4) is 22.5 Å². The standard InChI is InChI=1S/C24H18ClN3O2S.C15H12O3.C9H8ClN3S.CH4/c25-21-13-7-6-12-20(21)22-16-31-24(27-22)28-26-14-18-10-4-5-11-19(18)23(29)30-15-17-8-2-1-3-9-17;16-10-13-8-4-5-9-14(13)15(17)18-11-12-6-2-1-3-7-12;10-7-4-2-1-3-6(7)8-5-14-9(12-8)13-11;/h1-14,16H,15H2,(H,27,28);1-10H,11H2;1-5H,11H2,(H,12,13);1H4/b26-14+;;;. The second-order valence-corrected chi connectivity index (χ2v) is 15.5. The van der Waals surface area contributed by atoms with E-state index in [0.29, 0.717) is 48.8 Å². The number of hydrogen-bond donors (Lipinski definition) is 3. The summed E-state index contributed by atoms with van der Waals surface area (Å²) < 4.78 is 10.6. The fourth-order valence-corrected chi connectivity index (χ4v) is 7.34. The minimum Gasteiger partial charge on any atom is -0.457 e. The number of hydrazone groups is 1. The number of nitrogens with zero attached hydrogens (tertiary/aromatic N) is 3. The molecular formula is C49H42Cl2N6O5S2. The molecule has 2 heterocycles. The van der Waals surface area contributed by atoms with Crippen molar-refractivity contribution in [1.29, 1.82) is 0 Å². The van der Waals surface area contributed by atoms with E-state index in [1.807, 2.05) is 126 Å². The van der Waals surface area contributed by atoms with Crippen molar-refractivity contribution in [3.05, 3.63) is 212 Å². The van der Waals surface area contributed by atoms with E-state index in [-0.39, 0.29) is 20.6 Å². The third kappa shape index (κ3) is 14.0. The Labute approximate surface area is 389 Å². The summed E-state index contributed by atoms with van der Waals surface area (Å²) in [5.41, 5.74) is 12.4. The van der Waals surface area contributed by atoms with Crippen molar-refractivity contribution < 1.29 is 23.9 Å². The third-order valence-electron chi connectivity index (χ3n) is 8.71. The molecular weight excluding hydrogens is 888 g/mol. The topological polar surface area (TPSA) is 158 Å². The summed E-state index contributed by atoms with van der Waals surface area (Å²) in [5.74, 6) is 4.36. The minimum absolute atomic E-state index is 0. The number of hydrazine groups is 1. The van der Waals surface area contributed by atoms with Gasteiger partial charge in [0.25, 0.3) is 0 Å². The summed E-state index contributed by atoms with van der Waals surface area (Å²) in [5, 5.41) is 10.7. The molecule has 0 aliphatic carbocycles. The number of benzene rings is 6. The highest BCUT2D eigenvalue weighted by Crippen LogP contribution is 2.31. The van der Waals surface area contributed by atoms with Gasteiger partial charge in [0.1, 0.15) is 13.2 Å². The molecule has 0 fully saturated rings. The zero-order chi connectivity index (χ0) is 44.2. The molecule has 0 bridgehead atoms. The van der Waals surface area contributed by atoms with Gasteiger partial charge in [-0.05, 0) is 35.4 Å². The number of nitrogen functional groups attached to an aromatic ring is 1. The zero-order valence-corrected chi connectivity index (χ0v) is 36.4. The maximum Gasteiger partial charge on any atom is 0.339 e. The van der Waals surface area contributed by atoms with Crippen LogP contribution >= 0.6 is 45.9 Å². The summed E-state index contributed by atoms with van der Waals surface area (Å²) in [6, 6.07) is 47.8. The van der Waals surface area contributed by atoms with E-state index in [2.05, 4.69) is 25.9 Å². The number of thiazole rings is 2. The van der Waals surface area contributed by atoms with E-state index < -0.39 is 11.9 Å². The van der Waals surface area contributed by atoms with Gasteiger partial charge in [0.2, 0.25) is 5.13 Å². The van der Waals surface area contributed by atoms with Crippen LogP contribution in [0.25, 0.3) is 22.5 Å². The number of halogens is 2. The molecule has 0 aliphatic heterocycles. The molecule has 15 heteroatoms. The Hall–Kier alpha value is -7.00. The summed E-state index contributed by atoms with van der Waals surface area (Å²) >= 11 is 15.1. The van der Waals surface area contributed by atoms with Gasteiger partial charge in [-0.3, -0.25) is 15.6 Å². The van der Waals surface area contributed by atoms with Gasteiger partial charge >= 0.3 is 11.9 Å². The molecule has 0 spiro atoms. The van der Waals surface area contributed by atoms with Crippen molar-refractivity contribution in [3.63, 3.8) is 0 Å². The van der Waals surface area contributed by atoms with Crippen LogP contribution in [-0.2, 0) is 22.7 Å². The normalized spacial score (nSPS) is 10.2. The largest absolute Gasteiger partial charge is 0.457 e. The predicted molar refractivity (Wildman–Crippen MR) is 260 cm³/mol. The SMILES string of the molecule is C.NNc1nc(-c2ccccc2Cl)cs1.O=C(OCc1ccccc1)c1ccccc1/C=N/Nc1nc(-c2ccccc2Cl)cs1.O=Cc1ccccc1C(=O)OCc1ccccc1. The molecule has 0 amide bonds. The number of ether oxygens (including phenoxy) is 2. The van der Waals surface area contributed by atoms with E-state index in [0.717, 1.165) is 33.6 Å². The smallest absolute Gasteiger partial charge is 0.339 e. The van der Waals surface area contributed by atoms with E-state index >= 15 is 0 Å². The lowest BCUT2D eigenvalue weighted by Crippen LogP contribution is -2.08. The Morgan fingerprint density at radius 2 is 1.02 bits per heavy atom. The minimum atomic E-state index is -0.485. The maximum atomic E-state index is 12.5. The molecule has 6 aromatic carbocycles. The van der Waals surface area contributed by atoms with Gasteiger partial charge in [0.15, 0.2) is 11.4 Å². The van der Waals surface area contributed by atoms with Gasteiger partial charge in [0, 0.05) is 43.1 Å². The first-order valence-electron chi connectivity index (χ1n) is 19.0. The fourth-order valence-electron chi connectivity index (χ4n) is 5.59. The molecule has 324 valence electrons. The first-order chi connectivity index (χ1) is 30.8. The Morgan fingerprint density at radius 3 is 1.50 bits per heavy atom. The number of carbonyl (C=O) groups excluding carboxylic acids is 3. The first-order valence-corrected chi connectivity index (χ1v) is 21.6. The van der Waals surface area contributed by atoms with Gasteiger partial charge in [-0.1, -0.05) is 164 Å². The molecule has 0 atom stereocenters. The van der Waals surface area contributed by atoms with Crippen molar-refractivity contribution in [1.82, 2.24) is 9.97 Å². The number of rotatable bonds is 13. The molecule has 0 aliphatic rings.